The first-order valence-electron chi connectivity index (χ1n) is 11.2. The predicted molar refractivity (Wildman–Crippen MR) is 127 cm³/mol. The van der Waals surface area contributed by atoms with Crippen molar-refractivity contribution >= 4 is 26.7 Å². The Hall–Kier alpha value is -2.86. The van der Waals surface area contributed by atoms with Crippen molar-refractivity contribution in [3.05, 3.63) is 42.7 Å². The number of benzene rings is 1. The smallest absolute Gasteiger partial charge is 0.242 e. The monoisotopic (exact) mass is 485 g/mol. The summed E-state index contributed by atoms with van der Waals surface area (Å²) in [5.74, 6) is 0.345. The Kier molecular flexibility index (Phi) is 6.59. The van der Waals surface area contributed by atoms with Gasteiger partial charge in [0.25, 0.3) is 0 Å². The molecule has 180 valence electrons. The van der Waals surface area contributed by atoms with Gasteiger partial charge in [-0.2, -0.15) is 4.31 Å². The molecule has 34 heavy (non-hydrogen) atoms. The van der Waals surface area contributed by atoms with E-state index in [4.69, 9.17) is 19.2 Å². The number of rotatable bonds is 6. The zero-order valence-corrected chi connectivity index (χ0v) is 19.8. The van der Waals surface area contributed by atoms with Crippen LogP contribution in [-0.4, -0.2) is 92.6 Å². The molecule has 2 saturated heterocycles. The van der Waals surface area contributed by atoms with E-state index in [2.05, 4.69) is 27.0 Å². The van der Waals surface area contributed by atoms with Gasteiger partial charge >= 0.3 is 0 Å². The fourth-order valence-corrected chi connectivity index (χ4v) is 4.97. The molecule has 4 heterocycles. The summed E-state index contributed by atoms with van der Waals surface area (Å²) in [6.45, 7) is 4.29. The highest BCUT2D eigenvalue weighted by molar-refractivity contribution is 7.88. The van der Waals surface area contributed by atoms with Crippen molar-refractivity contribution in [2.24, 2.45) is 0 Å². The van der Waals surface area contributed by atoms with Crippen LogP contribution in [0.4, 0.5) is 5.69 Å². The van der Waals surface area contributed by atoms with E-state index in [1.165, 1.54) is 10.6 Å². The van der Waals surface area contributed by atoms with Crippen LogP contribution in [0.15, 0.2) is 42.7 Å². The van der Waals surface area contributed by atoms with E-state index in [1.54, 1.807) is 12.4 Å². The molecule has 0 saturated carbocycles. The fourth-order valence-electron chi connectivity index (χ4n) is 4.12. The average molecular weight is 486 g/mol. The van der Waals surface area contributed by atoms with Gasteiger partial charge in [0.15, 0.2) is 5.52 Å². The zero-order valence-electron chi connectivity index (χ0n) is 19.0. The molecule has 3 aromatic rings. The fraction of sp³-hybridized carbons (Fsp3) is 0.435. The second-order valence-corrected chi connectivity index (χ2v) is 10.3. The van der Waals surface area contributed by atoms with Crippen LogP contribution >= 0.6 is 0 Å². The van der Waals surface area contributed by atoms with Gasteiger partial charge in [0.2, 0.25) is 15.9 Å². The van der Waals surface area contributed by atoms with E-state index in [9.17, 15) is 8.42 Å². The van der Waals surface area contributed by atoms with Crippen molar-refractivity contribution in [2.45, 2.75) is 6.10 Å². The summed E-state index contributed by atoms with van der Waals surface area (Å²) >= 11 is 0. The van der Waals surface area contributed by atoms with E-state index in [0.29, 0.717) is 30.1 Å². The van der Waals surface area contributed by atoms with Crippen molar-refractivity contribution in [3.63, 3.8) is 0 Å². The summed E-state index contributed by atoms with van der Waals surface area (Å²) in [7, 11) is -3.28. The minimum atomic E-state index is -3.28. The first-order valence-corrected chi connectivity index (χ1v) is 13.1. The van der Waals surface area contributed by atoms with Crippen LogP contribution in [0.2, 0.25) is 0 Å². The highest BCUT2D eigenvalue weighted by Crippen LogP contribution is 2.29. The molecule has 2 fully saturated rings. The average Bonchev–Trinajstić information content (AvgIpc) is 2.87. The topological polar surface area (TPSA) is 107 Å². The number of ether oxygens (including phenoxy) is 3. The van der Waals surface area contributed by atoms with Crippen molar-refractivity contribution in [1.82, 2.24) is 19.3 Å². The van der Waals surface area contributed by atoms with Gasteiger partial charge in [0.1, 0.15) is 12.7 Å². The summed E-state index contributed by atoms with van der Waals surface area (Å²) in [6, 6.07) is 10.1. The zero-order chi connectivity index (χ0) is 23.5. The number of fused-ring (bicyclic) bond motifs is 1. The molecular weight excluding hydrogens is 458 g/mol. The lowest BCUT2D eigenvalue weighted by molar-refractivity contribution is -0.0252. The molecule has 0 amide bonds. The Balaban J connectivity index is 1.37. The first-order chi connectivity index (χ1) is 16.5. The van der Waals surface area contributed by atoms with Crippen LogP contribution in [0.25, 0.3) is 22.3 Å². The van der Waals surface area contributed by atoms with Crippen molar-refractivity contribution in [1.29, 1.82) is 0 Å². The summed E-state index contributed by atoms with van der Waals surface area (Å²) in [5, 5.41) is 0. The van der Waals surface area contributed by atoms with Crippen molar-refractivity contribution in [3.8, 4) is 17.1 Å². The number of pyridine rings is 1. The summed E-state index contributed by atoms with van der Waals surface area (Å²) in [4.78, 5) is 15.8. The molecule has 0 unspecified atom stereocenters. The Bertz CT molecular complexity index is 1250. The van der Waals surface area contributed by atoms with Crippen molar-refractivity contribution < 1.29 is 22.6 Å². The molecule has 0 aliphatic carbocycles. The molecule has 10 nitrogen and oxygen atoms in total. The maximum Gasteiger partial charge on any atom is 0.242 e. The van der Waals surface area contributed by atoms with E-state index in [1.807, 2.05) is 18.2 Å². The minimum Gasteiger partial charge on any atom is -0.473 e. The Morgan fingerprint density at radius 3 is 2.59 bits per heavy atom. The maximum atomic E-state index is 11.9. The van der Waals surface area contributed by atoms with Crippen LogP contribution in [0.3, 0.4) is 0 Å². The molecule has 1 aromatic carbocycles. The van der Waals surface area contributed by atoms with Crippen LogP contribution in [0.5, 0.6) is 5.88 Å². The third kappa shape index (κ3) is 5.12. The molecule has 2 aliphatic rings. The normalized spacial score (nSPS) is 19.9. The van der Waals surface area contributed by atoms with Gasteiger partial charge in [-0.3, -0.25) is 4.98 Å². The number of aromatic nitrogens is 3. The lowest BCUT2D eigenvalue weighted by atomic mass is 10.1. The van der Waals surface area contributed by atoms with Crippen molar-refractivity contribution in [2.75, 3.05) is 63.8 Å². The number of nitrogens with zero attached hydrogens (tertiary/aromatic N) is 5. The largest absolute Gasteiger partial charge is 0.473 e. The Morgan fingerprint density at radius 1 is 1.06 bits per heavy atom. The third-order valence-electron chi connectivity index (χ3n) is 5.94. The second-order valence-electron chi connectivity index (χ2n) is 8.31. The lowest BCUT2D eigenvalue weighted by Crippen LogP contribution is -2.47. The number of morpholine rings is 2. The summed E-state index contributed by atoms with van der Waals surface area (Å²) in [5.41, 5.74) is 4.02. The summed E-state index contributed by atoms with van der Waals surface area (Å²) < 4.78 is 42.4. The van der Waals surface area contributed by atoms with Gasteiger partial charge in [0, 0.05) is 49.8 Å². The van der Waals surface area contributed by atoms with Gasteiger partial charge in [-0.15, -0.1) is 0 Å². The molecule has 11 heteroatoms. The van der Waals surface area contributed by atoms with Gasteiger partial charge in [-0.05, 0) is 18.2 Å². The molecule has 0 bridgehead atoms. The van der Waals surface area contributed by atoms with Gasteiger partial charge in [0.05, 0.1) is 37.3 Å². The van der Waals surface area contributed by atoms with E-state index >= 15 is 0 Å². The number of anilines is 1. The Morgan fingerprint density at radius 2 is 1.82 bits per heavy atom. The molecule has 5 rings (SSSR count). The highest BCUT2D eigenvalue weighted by atomic mass is 32.2. The molecule has 1 atom stereocenters. The molecule has 0 N–H and O–H groups in total. The van der Waals surface area contributed by atoms with E-state index in [-0.39, 0.29) is 13.2 Å². The minimum absolute atomic E-state index is 0.157. The molecular formula is C23H27N5O5S. The first kappa shape index (κ1) is 22.9. The SMILES string of the molecule is CS(=O)(=O)N1CCO[C@H](COc2nc(-c3ccc(N4CCOCC4)cc3)cc3nccnc23)C1. The second kappa shape index (κ2) is 9.79. The van der Waals surface area contributed by atoms with Crippen LogP contribution < -0.4 is 9.64 Å². The highest BCUT2D eigenvalue weighted by Gasteiger charge is 2.27. The molecule has 0 spiro atoms. The number of hydrogen-bond acceptors (Lipinski definition) is 9. The van der Waals surface area contributed by atoms with Crippen LogP contribution in [-0.2, 0) is 19.5 Å². The van der Waals surface area contributed by atoms with Crippen LogP contribution in [0.1, 0.15) is 0 Å². The van der Waals surface area contributed by atoms with Crippen LogP contribution in [0, 0.1) is 0 Å². The number of sulfonamides is 1. The molecule has 2 aromatic heterocycles. The standard InChI is InChI=1S/C23H27N5O5S/c1-34(29,30)28-10-13-32-19(15-28)16-33-23-22-21(24-6-7-25-22)14-20(26-23)17-2-4-18(5-3-17)27-8-11-31-12-9-27/h2-7,14,19H,8-13,15-16H2,1H3/t19-/m0/s1. The quantitative estimate of drug-likeness (QED) is 0.514. The van der Waals surface area contributed by atoms with E-state index < -0.39 is 16.1 Å². The molecule has 0 radical (unpaired) electrons. The van der Waals surface area contributed by atoms with E-state index in [0.717, 1.165) is 43.2 Å². The lowest BCUT2D eigenvalue weighted by Gasteiger charge is -2.30. The number of hydrogen-bond donors (Lipinski definition) is 0. The van der Waals surface area contributed by atoms with Gasteiger partial charge in [-0.1, -0.05) is 12.1 Å². The third-order valence-corrected chi connectivity index (χ3v) is 7.21. The van der Waals surface area contributed by atoms with Gasteiger partial charge < -0.3 is 19.1 Å². The van der Waals surface area contributed by atoms with Gasteiger partial charge in [-0.25, -0.2) is 18.4 Å². The molecule has 2 aliphatic heterocycles. The Labute approximate surface area is 198 Å². The summed E-state index contributed by atoms with van der Waals surface area (Å²) in [6.07, 6.45) is 4.03. The predicted octanol–water partition coefficient (Wildman–Crippen LogP) is 1.57. The maximum absolute atomic E-state index is 11.9.